The van der Waals surface area contributed by atoms with Gasteiger partial charge in [0.05, 0.1) is 24.3 Å². The second-order valence-corrected chi connectivity index (χ2v) is 7.17. The molecule has 1 amide bonds. The lowest BCUT2D eigenvalue weighted by Crippen LogP contribution is -2.14. The molecule has 7 heteroatoms. The molecule has 1 aromatic heterocycles. The fourth-order valence-corrected chi connectivity index (χ4v) is 3.42. The highest BCUT2D eigenvalue weighted by Crippen LogP contribution is 2.26. The molecule has 27 heavy (non-hydrogen) atoms. The van der Waals surface area contributed by atoms with Crippen molar-refractivity contribution in [1.82, 2.24) is 9.55 Å². The smallest absolute Gasteiger partial charge is 0.234 e. The van der Waals surface area contributed by atoms with Crippen LogP contribution in [0.4, 0.5) is 5.69 Å². The van der Waals surface area contributed by atoms with Crippen molar-refractivity contribution in [3.8, 4) is 17.0 Å². The molecule has 0 bridgehead atoms. The molecule has 0 saturated carbocycles. The Labute approximate surface area is 167 Å². The molecule has 5 nitrogen and oxygen atoms in total. The van der Waals surface area contributed by atoms with Gasteiger partial charge in [-0.1, -0.05) is 35.5 Å². The number of carbonyl (C=O) groups excluding carboxylic acids is 1. The molecule has 3 aromatic rings. The summed E-state index contributed by atoms with van der Waals surface area (Å²) in [4.78, 5) is 16.6. The minimum atomic E-state index is -0.0831. The van der Waals surface area contributed by atoms with Crippen LogP contribution in [0, 0.1) is 0 Å². The predicted molar refractivity (Wildman–Crippen MR) is 111 cm³/mol. The lowest BCUT2D eigenvalue weighted by atomic mass is 10.2. The van der Waals surface area contributed by atoms with E-state index >= 15 is 0 Å². The third-order valence-corrected chi connectivity index (χ3v) is 5.16. The molecule has 0 aliphatic rings. The number of ether oxygens (including phenoxy) is 1. The van der Waals surface area contributed by atoms with Gasteiger partial charge in [0, 0.05) is 17.8 Å². The second-order valence-electron chi connectivity index (χ2n) is 5.79. The molecule has 0 fully saturated rings. The number of carbonyl (C=O) groups is 1. The first-order chi connectivity index (χ1) is 13.1. The molecule has 140 valence electrons. The number of thioether (sulfide) groups is 1. The van der Waals surface area contributed by atoms with Gasteiger partial charge >= 0.3 is 0 Å². The van der Waals surface area contributed by atoms with Crippen LogP contribution >= 0.6 is 23.4 Å². The highest BCUT2D eigenvalue weighted by molar-refractivity contribution is 7.99. The van der Waals surface area contributed by atoms with Crippen molar-refractivity contribution in [3.05, 3.63) is 59.8 Å². The number of amides is 1. The maximum Gasteiger partial charge on any atom is 0.234 e. The first-order valence-electron chi connectivity index (χ1n) is 8.50. The normalized spacial score (nSPS) is 10.6. The average molecular weight is 402 g/mol. The summed E-state index contributed by atoms with van der Waals surface area (Å²) in [6.07, 6.45) is 1.80. The number of benzene rings is 2. The van der Waals surface area contributed by atoms with Gasteiger partial charge in [0.15, 0.2) is 5.16 Å². The molecule has 0 saturated heterocycles. The van der Waals surface area contributed by atoms with Gasteiger partial charge in [-0.2, -0.15) is 0 Å². The number of hydrogen-bond acceptors (Lipinski definition) is 4. The maximum atomic E-state index is 12.2. The van der Waals surface area contributed by atoms with Crippen LogP contribution in [0.15, 0.2) is 59.9 Å². The van der Waals surface area contributed by atoms with Crippen molar-refractivity contribution < 1.29 is 9.53 Å². The summed E-state index contributed by atoms with van der Waals surface area (Å²) in [7, 11) is 1.93. The van der Waals surface area contributed by atoms with Crippen LogP contribution < -0.4 is 10.1 Å². The minimum absolute atomic E-state index is 0.0831. The van der Waals surface area contributed by atoms with E-state index in [-0.39, 0.29) is 11.7 Å². The van der Waals surface area contributed by atoms with Crippen LogP contribution in [0.5, 0.6) is 5.75 Å². The Kier molecular flexibility index (Phi) is 6.42. The van der Waals surface area contributed by atoms with Crippen LogP contribution in [0.2, 0.25) is 5.02 Å². The van der Waals surface area contributed by atoms with E-state index in [1.807, 2.05) is 67.1 Å². The molecule has 0 unspecified atom stereocenters. The number of rotatable bonds is 7. The van der Waals surface area contributed by atoms with E-state index in [1.165, 1.54) is 11.8 Å². The van der Waals surface area contributed by atoms with Crippen molar-refractivity contribution in [2.75, 3.05) is 17.7 Å². The lowest BCUT2D eigenvalue weighted by Gasteiger charge is -2.08. The number of nitrogens with one attached hydrogen (secondary N) is 1. The zero-order valence-corrected chi connectivity index (χ0v) is 16.7. The quantitative estimate of drug-likeness (QED) is 0.574. The summed E-state index contributed by atoms with van der Waals surface area (Å²) in [6.45, 7) is 2.55. The molecule has 0 atom stereocenters. The van der Waals surface area contributed by atoms with Crippen molar-refractivity contribution in [2.45, 2.75) is 12.1 Å². The van der Waals surface area contributed by atoms with Crippen molar-refractivity contribution in [1.29, 1.82) is 0 Å². The van der Waals surface area contributed by atoms with Gasteiger partial charge in [0.25, 0.3) is 0 Å². The SMILES string of the molecule is CCOc1ccc(NC(=O)CSc2ncc(-c3ccc(Cl)cc3)n2C)cc1. The van der Waals surface area contributed by atoms with Crippen molar-refractivity contribution in [3.63, 3.8) is 0 Å². The second kappa shape index (κ2) is 8.97. The van der Waals surface area contributed by atoms with Gasteiger partial charge in [-0.15, -0.1) is 0 Å². The van der Waals surface area contributed by atoms with Gasteiger partial charge in [0.2, 0.25) is 5.91 Å². The molecule has 3 rings (SSSR count). The summed E-state index contributed by atoms with van der Waals surface area (Å²) in [6, 6.07) is 14.9. The maximum absolute atomic E-state index is 12.2. The molecular weight excluding hydrogens is 382 g/mol. The zero-order chi connectivity index (χ0) is 19.2. The Hall–Kier alpha value is -2.44. The highest BCUT2D eigenvalue weighted by atomic mass is 35.5. The first-order valence-corrected chi connectivity index (χ1v) is 9.86. The summed E-state index contributed by atoms with van der Waals surface area (Å²) in [5.41, 5.74) is 2.74. The highest BCUT2D eigenvalue weighted by Gasteiger charge is 2.11. The summed E-state index contributed by atoms with van der Waals surface area (Å²) in [5, 5.41) is 4.35. The van der Waals surface area contributed by atoms with E-state index < -0.39 is 0 Å². The van der Waals surface area contributed by atoms with Crippen LogP contribution in [-0.2, 0) is 11.8 Å². The predicted octanol–water partition coefficient (Wildman–Crippen LogP) is 4.87. The molecule has 0 aliphatic heterocycles. The van der Waals surface area contributed by atoms with Crippen LogP contribution in [0.25, 0.3) is 11.3 Å². The number of hydrogen-bond donors (Lipinski definition) is 1. The van der Waals surface area contributed by atoms with Gasteiger partial charge in [-0.3, -0.25) is 4.79 Å². The Morgan fingerprint density at radius 1 is 1.19 bits per heavy atom. The van der Waals surface area contributed by atoms with E-state index in [4.69, 9.17) is 16.3 Å². The molecule has 1 N–H and O–H groups in total. The summed E-state index contributed by atoms with van der Waals surface area (Å²) < 4.78 is 7.36. The third-order valence-electron chi connectivity index (χ3n) is 3.87. The molecular formula is C20H20ClN3O2S. The Morgan fingerprint density at radius 3 is 2.56 bits per heavy atom. The third kappa shape index (κ3) is 5.05. The van der Waals surface area contributed by atoms with Crippen LogP contribution in [0.1, 0.15) is 6.92 Å². The minimum Gasteiger partial charge on any atom is -0.494 e. The monoisotopic (exact) mass is 401 g/mol. The Morgan fingerprint density at radius 2 is 1.89 bits per heavy atom. The number of nitrogens with zero attached hydrogens (tertiary/aromatic N) is 2. The van der Waals surface area contributed by atoms with E-state index in [9.17, 15) is 4.79 Å². The summed E-state index contributed by atoms with van der Waals surface area (Å²) in [5.74, 6) is 0.978. The molecule has 0 spiro atoms. The largest absolute Gasteiger partial charge is 0.494 e. The number of aromatic nitrogens is 2. The first kappa shape index (κ1) is 19.3. The molecule has 0 radical (unpaired) electrons. The number of anilines is 1. The van der Waals surface area contributed by atoms with Crippen molar-refractivity contribution >= 4 is 35.0 Å². The van der Waals surface area contributed by atoms with Crippen LogP contribution in [0.3, 0.4) is 0 Å². The van der Waals surface area contributed by atoms with Gasteiger partial charge < -0.3 is 14.6 Å². The van der Waals surface area contributed by atoms with E-state index in [2.05, 4.69) is 10.3 Å². The van der Waals surface area contributed by atoms with E-state index in [0.29, 0.717) is 11.6 Å². The standard InChI is InChI=1S/C20H20ClN3O2S/c1-3-26-17-10-8-16(9-11-17)23-19(25)13-27-20-22-12-18(24(20)2)14-4-6-15(21)7-5-14/h4-12H,3,13H2,1-2H3,(H,23,25). The average Bonchev–Trinajstić information content (AvgIpc) is 3.03. The van der Waals surface area contributed by atoms with Crippen molar-refractivity contribution in [2.24, 2.45) is 7.05 Å². The topological polar surface area (TPSA) is 56.1 Å². The Balaban J connectivity index is 1.58. The van der Waals surface area contributed by atoms with Crippen LogP contribution in [-0.4, -0.2) is 27.8 Å². The number of halogens is 1. The number of imidazole rings is 1. The molecule has 1 heterocycles. The van der Waals surface area contributed by atoms with Gasteiger partial charge in [-0.05, 0) is 48.9 Å². The van der Waals surface area contributed by atoms with Gasteiger partial charge in [-0.25, -0.2) is 4.98 Å². The summed E-state index contributed by atoms with van der Waals surface area (Å²) >= 11 is 7.33. The fourth-order valence-electron chi connectivity index (χ4n) is 2.54. The molecule has 2 aromatic carbocycles. The van der Waals surface area contributed by atoms with E-state index in [1.54, 1.807) is 6.20 Å². The van der Waals surface area contributed by atoms with E-state index in [0.717, 1.165) is 27.9 Å². The molecule has 0 aliphatic carbocycles. The zero-order valence-electron chi connectivity index (χ0n) is 15.1. The lowest BCUT2D eigenvalue weighted by molar-refractivity contribution is -0.113. The Bertz CT molecular complexity index is 908. The fraction of sp³-hybridized carbons (Fsp3) is 0.200. The van der Waals surface area contributed by atoms with Gasteiger partial charge in [0.1, 0.15) is 5.75 Å².